The third-order valence-corrected chi connectivity index (χ3v) is 1.22. The summed E-state index contributed by atoms with van der Waals surface area (Å²) < 4.78 is 4.71. The Kier molecular flexibility index (Phi) is 0.999. The van der Waals surface area contributed by atoms with Gasteiger partial charge in [0.2, 0.25) is 6.35 Å². The normalized spacial score (nSPS) is 25.6. The van der Waals surface area contributed by atoms with E-state index in [9.17, 15) is 0 Å². The average molecular weight is 88.0 g/mol. The minimum absolute atomic E-state index is 0.917. The standard InChI is InChI=1S/C3H5OP/c1-2-5-3-4-1/h5H,2-3H2. The molecule has 0 N–H and O–H groups in total. The Hall–Kier alpha value is 0.100. The summed E-state index contributed by atoms with van der Waals surface area (Å²) in [5, 5.41) is 0. The summed E-state index contributed by atoms with van der Waals surface area (Å²) in [5.74, 6) is 0. The summed E-state index contributed by atoms with van der Waals surface area (Å²) in [6, 6.07) is 0. The molecule has 0 aromatic carbocycles. The maximum Gasteiger partial charge on any atom is 0.228 e. The highest BCUT2D eigenvalue weighted by Crippen LogP contribution is 2.08. The van der Waals surface area contributed by atoms with Gasteiger partial charge >= 0.3 is 0 Å². The number of rotatable bonds is 0. The van der Waals surface area contributed by atoms with Gasteiger partial charge in [-0.05, 0) is 14.9 Å². The average Bonchev–Trinajstić information content (AvgIpc) is 1.76. The van der Waals surface area contributed by atoms with E-state index in [-0.39, 0.29) is 0 Å². The number of carbonyl (C=O) groups excluding carboxylic acids is 1. The molecule has 28 valence electrons. The second kappa shape index (κ2) is 1.51. The number of hydrogen-bond acceptors (Lipinski definition) is 0. The predicted molar refractivity (Wildman–Crippen MR) is 23.7 cm³/mol. The highest BCUT2D eigenvalue weighted by Gasteiger charge is 1.86. The van der Waals surface area contributed by atoms with Gasteiger partial charge in [0.25, 0.3) is 0 Å². The molecule has 0 bridgehead atoms. The first-order chi connectivity index (χ1) is 2.50. The maximum atomic E-state index is 4.71. The molecule has 1 atom stereocenters. The Labute approximate surface area is 32.9 Å². The summed E-state index contributed by atoms with van der Waals surface area (Å²) in [6.07, 6.45) is 4.71. The third kappa shape index (κ3) is 0.695. The maximum absolute atomic E-state index is 4.71. The molecule has 0 saturated carbocycles. The van der Waals surface area contributed by atoms with Crippen LogP contribution in [0.15, 0.2) is 0 Å². The van der Waals surface area contributed by atoms with Crippen LogP contribution in [0, 0.1) is 0 Å². The first-order valence-corrected chi connectivity index (χ1v) is 2.97. The van der Waals surface area contributed by atoms with Crippen molar-refractivity contribution in [2.75, 3.05) is 12.5 Å². The van der Waals surface area contributed by atoms with Crippen molar-refractivity contribution >= 4 is 14.9 Å². The molecule has 1 nitrogen and oxygen atoms in total. The van der Waals surface area contributed by atoms with Crippen LogP contribution in [0.4, 0.5) is 0 Å². The summed E-state index contributed by atoms with van der Waals surface area (Å²) in [7, 11) is 0.975. The van der Waals surface area contributed by atoms with E-state index in [2.05, 4.69) is 6.29 Å². The van der Waals surface area contributed by atoms with Crippen molar-refractivity contribution in [1.29, 1.82) is 0 Å². The fourth-order valence-corrected chi connectivity index (χ4v) is 0.765. The van der Waals surface area contributed by atoms with Gasteiger partial charge in [0, 0.05) is 0 Å². The van der Waals surface area contributed by atoms with Crippen LogP contribution in [0.1, 0.15) is 0 Å². The second-order valence-corrected chi connectivity index (χ2v) is 2.00. The topological polar surface area (TPSA) is 11.3 Å². The summed E-state index contributed by atoms with van der Waals surface area (Å²) in [4.78, 5) is 0. The fourth-order valence-electron chi connectivity index (χ4n) is 0.255. The molecule has 1 aliphatic heterocycles. The Morgan fingerprint density at radius 3 is 3.00 bits per heavy atom. The fraction of sp³-hybridized carbons (Fsp3) is 0.667. The lowest BCUT2D eigenvalue weighted by molar-refractivity contribution is 0.170. The molecule has 0 radical (unpaired) electrons. The van der Waals surface area contributed by atoms with Crippen molar-refractivity contribution < 1.29 is 4.42 Å². The molecular weight excluding hydrogens is 83.0 g/mol. The van der Waals surface area contributed by atoms with Gasteiger partial charge in [-0.15, -0.1) is 0 Å². The van der Waals surface area contributed by atoms with E-state index in [1.165, 1.54) is 0 Å². The molecule has 1 heterocycles. The molecule has 1 unspecified atom stereocenters. The minimum Gasteiger partial charge on any atom is -0.453 e. The lowest BCUT2D eigenvalue weighted by atomic mass is 10.9. The van der Waals surface area contributed by atoms with Gasteiger partial charge in [-0.25, -0.2) is 0 Å². The van der Waals surface area contributed by atoms with E-state index in [4.69, 9.17) is 4.42 Å². The van der Waals surface area contributed by atoms with Crippen LogP contribution in [-0.2, 0) is 4.42 Å². The molecule has 0 aromatic rings. The van der Waals surface area contributed by atoms with Crippen molar-refractivity contribution in [3.8, 4) is 0 Å². The van der Waals surface area contributed by atoms with Crippen LogP contribution in [-0.4, -0.2) is 18.8 Å². The van der Waals surface area contributed by atoms with E-state index >= 15 is 0 Å². The van der Waals surface area contributed by atoms with Crippen LogP contribution >= 0.6 is 8.58 Å². The SMILES string of the molecule is [C-]1=[O+]CPC1. The molecule has 2 heteroatoms. The molecule has 0 aliphatic carbocycles. The van der Waals surface area contributed by atoms with Crippen LogP contribution < -0.4 is 0 Å². The molecule has 0 amide bonds. The van der Waals surface area contributed by atoms with E-state index < -0.39 is 0 Å². The summed E-state index contributed by atoms with van der Waals surface area (Å²) in [5.41, 5.74) is 0. The van der Waals surface area contributed by atoms with Crippen molar-refractivity contribution in [2.45, 2.75) is 0 Å². The quantitative estimate of drug-likeness (QED) is 0.229. The molecular formula is C3H5OP. The van der Waals surface area contributed by atoms with Crippen molar-refractivity contribution in [3.63, 3.8) is 0 Å². The van der Waals surface area contributed by atoms with Gasteiger partial charge in [0.15, 0.2) is 0 Å². The Bertz CT molecular complexity index is 44.9. The lowest BCUT2D eigenvalue weighted by Gasteiger charge is -1.65. The van der Waals surface area contributed by atoms with E-state index in [1.807, 2.05) is 0 Å². The molecule has 0 fully saturated rings. The van der Waals surface area contributed by atoms with E-state index in [0.29, 0.717) is 0 Å². The zero-order valence-corrected chi connectivity index (χ0v) is 3.82. The lowest BCUT2D eigenvalue weighted by Crippen LogP contribution is -1.62. The van der Waals surface area contributed by atoms with Crippen LogP contribution in [0.3, 0.4) is 0 Å². The summed E-state index contributed by atoms with van der Waals surface area (Å²) in [6.45, 7) is 0. The van der Waals surface area contributed by atoms with Crippen LogP contribution in [0.5, 0.6) is 0 Å². The number of hydrogen-bond donors (Lipinski definition) is 0. The van der Waals surface area contributed by atoms with Crippen molar-refractivity contribution in [1.82, 2.24) is 0 Å². The molecule has 5 heavy (non-hydrogen) atoms. The van der Waals surface area contributed by atoms with Gasteiger partial charge in [-0.3, -0.25) is 0 Å². The Balaban J connectivity index is 2.32. The minimum atomic E-state index is 0.917. The first-order valence-electron chi connectivity index (χ1n) is 1.55. The third-order valence-electron chi connectivity index (χ3n) is 0.473. The zero-order chi connectivity index (χ0) is 3.54. The van der Waals surface area contributed by atoms with E-state index in [0.717, 1.165) is 21.1 Å². The van der Waals surface area contributed by atoms with Crippen molar-refractivity contribution in [2.24, 2.45) is 0 Å². The van der Waals surface area contributed by atoms with Crippen molar-refractivity contribution in [3.05, 3.63) is 0 Å². The van der Waals surface area contributed by atoms with Gasteiger partial charge in [0.1, 0.15) is 0 Å². The van der Waals surface area contributed by atoms with Gasteiger partial charge in [-0.1, -0.05) is 6.16 Å². The van der Waals surface area contributed by atoms with Gasteiger partial charge in [-0.2, -0.15) is 0 Å². The second-order valence-electron chi connectivity index (χ2n) is 0.860. The molecule has 1 rings (SSSR count). The highest BCUT2D eigenvalue weighted by atomic mass is 31.1. The van der Waals surface area contributed by atoms with E-state index in [1.54, 1.807) is 0 Å². The monoisotopic (exact) mass is 88.0 g/mol. The highest BCUT2D eigenvalue weighted by molar-refractivity contribution is 7.39. The largest absolute Gasteiger partial charge is 0.453 e. The first kappa shape index (κ1) is 3.30. The zero-order valence-electron chi connectivity index (χ0n) is 2.82. The molecule has 1 aliphatic rings. The molecule has 0 saturated heterocycles. The molecule has 0 spiro atoms. The van der Waals surface area contributed by atoms with Gasteiger partial charge < -0.3 is 4.42 Å². The van der Waals surface area contributed by atoms with Crippen LogP contribution in [0.2, 0.25) is 0 Å². The smallest absolute Gasteiger partial charge is 0.228 e. The van der Waals surface area contributed by atoms with Crippen LogP contribution in [0.25, 0.3) is 0 Å². The summed E-state index contributed by atoms with van der Waals surface area (Å²) >= 11 is 0. The molecule has 0 aromatic heterocycles. The Morgan fingerprint density at radius 2 is 2.80 bits per heavy atom. The van der Waals surface area contributed by atoms with Gasteiger partial charge in [0.05, 0.1) is 0 Å². The predicted octanol–water partition coefficient (Wildman–Crippen LogP) is 0.281. The Morgan fingerprint density at radius 1 is 1.80 bits per heavy atom.